The number of urea groups is 1. The van der Waals surface area contributed by atoms with Gasteiger partial charge in [-0.1, -0.05) is 0 Å². The van der Waals surface area contributed by atoms with Crippen molar-refractivity contribution in [2.24, 2.45) is 7.05 Å². The second-order valence-electron chi connectivity index (χ2n) is 7.27. The van der Waals surface area contributed by atoms with E-state index in [2.05, 4.69) is 5.10 Å². The number of carbonyl (C=O) groups is 2. The van der Waals surface area contributed by atoms with Gasteiger partial charge in [-0.25, -0.2) is 4.79 Å². The lowest BCUT2D eigenvalue weighted by molar-refractivity contribution is -0.145. The fraction of sp³-hybridized carbons (Fsp3) is 0.706. The zero-order chi connectivity index (χ0) is 18.1. The van der Waals surface area contributed by atoms with Gasteiger partial charge in [-0.2, -0.15) is 5.10 Å². The van der Waals surface area contributed by atoms with E-state index in [-0.39, 0.29) is 18.5 Å². The third-order valence-corrected chi connectivity index (χ3v) is 5.25. The van der Waals surface area contributed by atoms with Gasteiger partial charge in [0.2, 0.25) is 0 Å². The summed E-state index contributed by atoms with van der Waals surface area (Å²) < 4.78 is 13.4. The molecular formula is C17H25N5O4. The van der Waals surface area contributed by atoms with Crippen LogP contribution in [0.15, 0.2) is 12.4 Å². The van der Waals surface area contributed by atoms with E-state index < -0.39 is 5.60 Å². The van der Waals surface area contributed by atoms with Gasteiger partial charge in [0, 0.05) is 32.9 Å². The average Bonchev–Trinajstić information content (AvgIpc) is 3.27. The Morgan fingerprint density at radius 3 is 2.73 bits per heavy atom. The van der Waals surface area contributed by atoms with Crippen LogP contribution in [0.2, 0.25) is 0 Å². The highest BCUT2D eigenvalue weighted by molar-refractivity contribution is 5.95. The molecule has 3 amide bonds. The molecule has 9 nitrogen and oxygen atoms in total. The lowest BCUT2D eigenvalue weighted by Gasteiger charge is -2.42. The highest BCUT2D eigenvalue weighted by Gasteiger charge is 2.45. The van der Waals surface area contributed by atoms with Gasteiger partial charge in [-0.15, -0.1) is 0 Å². The number of aromatic nitrogens is 2. The Bertz CT molecular complexity index is 686. The quantitative estimate of drug-likeness (QED) is 0.705. The summed E-state index contributed by atoms with van der Waals surface area (Å²) in [6.45, 7) is 3.75. The van der Waals surface area contributed by atoms with Gasteiger partial charge in [0.15, 0.2) is 0 Å². The molecule has 0 N–H and O–H groups in total. The molecule has 0 aromatic carbocycles. The van der Waals surface area contributed by atoms with Crippen molar-refractivity contribution in [3.05, 3.63) is 12.4 Å². The van der Waals surface area contributed by atoms with E-state index in [0.29, 0.717) is 32.8 Å². The van der Waals surface area contributed by atoms with E-state index in [1.807, 2.05) is 23.0 Å². The molecule has 3 aliphatic heterocycles. The number of ether oxygens (including phenoxy) is 2. The van der Waals surface area contributed by atoms with Crippen LogP contribution in [0.25, 0.3) is 0 Å². The summed E-state index contributed by atoms with van der Waals surface area (Å²) in [6, 6.07) is 0.0424. The first-order chi connectivity index (χ1) is 12.6. The zero-order valence-electron chi connectivity index (χ0n) is 15.1. The first-order valence-corrected chi connectivity index (χ1v) is 9.11. The smallest absolute Gasteiger partial charge is 0.320 e. The number of rotatable bonds is 1. The van der Waals surface area contributed by atoms with Gasteiger partial charge in [-0.05, 0) is 12.8 Å². The Morgan fingerprint density at radius 2 is 2.00 bits per heavy atom. The van der Waals surface area contributed by atoms with Crippen LogP contribution in [0, 0.1) is 0 Å². The number of carbonyl (C=O) groups excluding carboxylic acids is 2. The molecule has 0 bridgehead atoms. The Balaban J connectivity index is 1.53. The monoisotopic (exact) mass is 363 g/mol. The van der Waals surface area contributed by atoms with Crippen LogP contribution in [0.5, 0.6) is 0 Å². The van der Waals surface area contributed by atoms with Crippen LogP contribution in [0.3, 0.4) is 0 Å². The van der Waals surface area contributed by atoms with Crippen molar-refractivity contribution in [1.82, 2.24) is 19.6 Å². The minimum Gasteiger partial charge on any atom is -0.376 e. The van der Waals surface area contributed by atoms with E-state index in [1.165, 1.54) is 0 Å². The van der Waals surface area contributed by atoms with Gasteiger partial charge >= 0.3 is 6.03 Å². The van der Waals surface area contributed by atoms with E-state index in [4.69, 9.17) is 9.47 Å². The summed E-state index contributed by atoms with van der Waals surface area (Å²) in [4.78, 5) is 30.6. The van der Waals surface area contributed by atoms with Crippen molar-refractivity contribution < 1.29 is 19.1 Å². The first-order valence-electron chi connectivity index (χ1n) is 9.11. The second kappa shape index (κ2) is 6.88. The lowest BCUT2D eigenvalue weighted by atomic mass is 10.0. The van der Waals surface area contributed by atoms with Crippen molar-refractivity contribution in [3.63, 3.8) is 0 Å². The number of hydrogen-bond acceptors (Lipinski definition) is 5. The Hall–Kier alpha value is -2.13. The normalized spacial score (nSPS) is 27.3. The number of anilines is 1. The Labute approximate surface area is 152 Å². The topological polar surface area (TPSA) is 80.1 Å². The molecule has 1 aromatic rings. The number of likely N-dealkylation sites (tertiary alicyclic amines) is 1. The molecular weight excluding hydrogens is 338 g/mol. The van der Waals surface area contributed by atoms with Gasteiger partial charge in [0.25, 0.3) is 5.91 Å². The number of aryl methyl sites for hydroxylation is 1. The summed E-state index contributed by atoms with van der Waals surface area (Å²) >= 11 is 0. The maximum absolute atomic E-state index is 12.8. The summed E-state index contributed by atoms with van der Waals surface area (Å²) in [6.07, 6.45) is 5.59. The molecule has 26 heavy (non-hydrogen) atoms. The molecule has 3 fully saturated rings. The molecule has 0 saturated carbocycles. The zero-order valence-corrected chi connectivity index (χ0v) is 15.1. The minimum atomic E-state index is -0.713. The van der Waals surface area contributed by atoms with Crippen LogP contribution in [0.1, 0.15) is 12.8 Å². The predicted octanol–water partition coefficient (Wildman–Crippen LogP) is 0.0701. The average molecular weight is 363 g/mol. The third kappa shape index (κ3) is 3.28. The highest BCUT2D eigenvalue weighted by Crippen LogP contribution is 2.27. The second-order valence-corrected chi connectivity index (χ2v) is 7.27. The number of hydrogen-bond donors (Lipinski definition) is 0. The van der Waals surface area contributed by atoms with Crippen LogP contribution in [-0.2, 0) is 21.3 Å². The van der Waals surface area contributed by atoms with E-state index in [9.17, 15) is 9.59 Å². The molecule has 0 unspecified atom stereocenters. The van der Waals surface area contributed by atoms with Crippen LogP contribution >= 0.6 is 0 Å². The van der Waals surface area contributed by atoms with Crippen LogP contribution in [-0.4, -0.2) is 89.7 Å². The molecule has 1 spiro atoms. The molecule has 9 heteroatoms. The maximum atomic E-state index is 12.8. The minimum absolute atomic E-state index is 0.0238. The standard InChI is InChI=1S/C17H25N5O4/c1-19-9-14(8-18-19)22-12-17(26-10-15(22)23)11-21(6-7-25-13-17)16(24)20-4-2-3-5-20/h8-9H,2-7,10-13H2,1H3/t17-/m1/s1. The van der Waals surface area contributed by atoms with Crippen molar-refractivity contribution in [1.29, 1.82) is 0 Å². The third-order valence-electron chi connectivity index (χ3n) is 5.25. The van der Waals surface area contributed by atoms with Crippen molar-refractivity contribution in [3.8, 4) is 0 Å². The van der Waals surface area contributed by atoms with E-state index >= 15 is 0 Å². The number of morpholine rings is 1. The maximum Gasteiger partial charge on any atom is 0.320 e. The highest BCUT2D eigenvalue weighted by atomic mass is 16.6. The molecule has 142 valence electrons. The first kappa shape index (κ1) is 17.3. The molecule has 3 aliphatic rings. The van der Waals surface area contributed by atoms with Gasteiger partial charge in [0.05, 0.1) is 38.2 Å². The number of nitrogens with zero attached hydrogens (tertiary/aromatic N) is 5. The summed E-state index contributed by atoms with van der Waals surface area (Å²) in [5.41, 5.74) is 0.0252. The largest absolute Gasteiger partial charge is 0.376 e. The van der Waals surface area contributed by atoms with Crippen molar-refractivity contribution >= 4 is 17.6 Å². The number of amides is 3. The molecule has 0 aliphatic carbocycles. The molecule has 4 rings (SSSR count). The van der Waals surface area contributed by atoms with Crippen molar-refractivity contribution in [2.45, 2.75) is 18.4 Å². The molecule has 0 radical (unpaired) electrons. The summed E-state index contributed by atoms with van der Waals surface area (Å²) in [7, 11) is 1.81. The SMILES string of the molecule is Cn1cc(N2C[C@]3(COCCN(C(=O)N4CCCC4)C3)OCC2=O)cn1. The van der Waals surface area contributed by atoms with E-state index in [1.54, 1.807) is 15.8 Å². The van der Waals surface area contributed by atoms with Gasteiger partial charge < -0.3 is 24.2 Å². The molecule has 1 atom stereocenters. The molecule has 3 saturated heterocycles. The van der Waals surface area contributed by atoms with Gasteiger partial charge in [0.1, 0.15) is 12.2 Å². The Morgan fingerprint density at radius 1 is 1.19 bits per heavy atom. The van der Waals surface area contributed by atoms with E-state index in [0.717, 1.165) is 31.6 Å². The fourth-order valence-electron chi connectivity index (χ4n) is 3.86. The summed E-state index contributed by atoms with van der Waals surface area (Å²) in [5.74, 6) is -0.106. The van der Waals surface area contributed by atoms with Crippen molar-refractivity contribution in [2.75, 3.05) is 57.4 Å². The fourth-order valence-corrected chi connectivity index (χ4v) is 3.86. The predicted molar refractivity (Wildman–Crippen MR) is 92.8 cm³/mol. The van der Waals surface area contributed by atoms with Crippen LogP contribution in [0.4, 0.5) is 10.5 Å². The van der Waals surface area contributed by atoms with Gasteiger partial charge in [-0.3, -0.25) is 9.48 Å². The van der Waals surface area contributed by atoms with Crippen LogP contribution < -0.4 is 4.90 Å². The Kier molecular flexibility index (Phi) is 4.58. The molecule has 1 aromatic heterocycles. The summed E-state index contributed by atoms with van der Waals surface area (Å²) in [5, 5.41) is 4.15. The molecule has 4 heterocycles. The lowest BCUT2D eigenvalue weighted by Crippen LogP contribution is -2.62.